The standard InChI is InChI=1S/C18H30N4OS2/c1-5-21(3)25(22(4)6-2)17-10-8-7-9-14(17)20-18(25)11-16(23)15-12-24-13-19-15/h7-10,15-16,19,23H,5-6,11-13H2,1-4H3. The predicted octanol–water partition coefficient (Wildman–Crippen LogP) is 3.04. The highest BCUT2D eigenvalue weighted by atomic mass is 32.3. The lowest BCUT2D eigenvalue weighted by Crippen LogP contribution is -2.43. The van der Waals surface area contributed by atoms with Crippen molar-refractivity contribution >= 4 is 32.9 Å². The first-order chi connectivity index (χ1) is 12.1. The van der Waals surface area contributed by atoms with E-state index in [1.165, 1.54) is 4.90 Å². The molecule has 0 aliphatic carbocycles. The average molecular weight is 383 g/mol. The Hall–Kier alpha value is -0.570. The minimum Gasteiger partial charge on any atom is -0.391 e. The molecule has 1 aromatic carbocycles. The number of hydrogen-bond acceptors (Lipinski definition) is 6. The summed E-state index contributed by atoms with van der Waals surface area (Å²) in [7, 11) is 2.86. The molecule has 1 saturated heterocycles. The van der Waals surface area contributed by atoms with Gasteiger partial charge in [0.15, 0.2) is 0 Å². The molecule has 25 heavy (non-hydrogen) atoms. The van der Waals surface area contributed by atoms with Gasteiger partial charge in [-0.15, -0.1) is 11.8 Å². The van der Waals surface area contributed by atoms with E-state index in [9.17, 15) is 5.11 Å². The topological polar surface area (TPSA) is 51.1 Å². The van der Waals surface area contributed by atoms with Crippen LogP contribution in [0.1, 0.15) is 20.3 Å². The number of aliphatic hydroxyl groups is 1. The minimum absolute atomic E-state index is 0.160. The monoisotopic (exact) mass is 382 g/mol. The number of hydrogen-bond donors (Lipinski definition) is 2. The molecule has 2 heterocycles. The number of rotatable bonds is 7. The van der Waals surface area contributed by atoms with E-state index < -0.39 is 16.5 Å². The Morgan fingerprint density at radius 2 is 1.96 bits per heavy atom. The molecule has 2 N–H and O–H groups in total. The zero-order valence-corrected chi connectivity index (χ0v) is 17.2. The number of fused-ring (bicyclic) bond motifs is 1. The summed E-state index contributed by atoms with van der Waals surface area (Å²) in [6.45, 7) is 6.28. The van der Waals surface area contributed by atoms with Gasteiger partial charge >= 0.3 is 0 Å². The van der Waals surface area contributed by atoms with Gasteiger partial charge < -0.3 is 10.4 Å². The molecule has 5 nitrogen and oxygen atoms in total. The molecule has 0 spiro atoms. The highest BCUT2D eigenvalue weighted by molar-refractivity contribution is 8.42. The molecule has 2 aliphatic heterocycles. The maximum Gasteiger partial charge on any atom is 0.0891 e. The highest BCUT2D eigenvalue weighted by Crippen LogP contribution is 2.68. The number of nitrogens with one attached hydrogen (secondary N) is 1. The van der Waals surface area contributed by atoms with Gasteiger partial charge in [0.05, 0.1) is 16.8 Å². The molecule has 0 radical (unpaired) electrons. The second-order valence-electron chi connectivity index (χ2n) is 6.51. The third-order valence-corrected chi connectivity index (χ3v) is 10.3. The maximum atomic E-state index is 10.8. The van der Waals surface area contributed by atoms with Gasteiger partial charge in [-0.2, -0.15) is 0 Å². The molecule has 0 bridgehead atoms. The third-order valence-electron chi connectivity index (χ3n) is 5.13. The smallest absolute Gasteiger partial charge is 0.0891 e. The van der Waals surface area contributed by atoms with Crippen LogP contribution in [-0.4, -0.2) is 69.7 Å². The van der Waals surface area contributed by atoms with E-state index in [4.69, 9.17) is 4.99 Å². The number of benzene rings is 1. The molecule has 0 aromatic heterocycles. The fourth-order valence-electron chi connectivity index (χ4n) is 3.56. The van der Waals surface area contributed by atoms with Crippen LogP contribution >= 0.6 is 22.2 Å². The summed E-state index contributed by atoms with van der Waals surface area (Å²) < 4.78 is 4.87. The summed E-state index contributed by atoms with van der Waals surface area (Å²) in [5.74, 6) is 1.90. The van der Waals surface area contributed by atoms with E-state index in [0.29, 0.717) is 6.42 Å². The summed E-state index contributed by atoms with van der Waals surface area (Å²) in [5.41, 5.74) is 1.06. The molecule has 2 unspecified atom stereocenters. The number of thioether (sulfide) groups is 1. The quantitative estimate of drug-likeness (QED) is 0.759. The molecule has 0 amide bonds. The molecule has 7 heteroatoms. The molecule has 140 valence electrons. The predicted molar refractivity (Wildman–Crippen MR) is 111 cm³/mol. The largest absolute Gasteiger partial charge is 0.391 e. The number of aliphatic hydroxyl groups excluding tert-OH is 1. The van der Waals surface area contributed by atoms with E-state index in [-0.39, 0.29) is 6.04 Å². The molecule has 3 rings (SSSR count). The summed E-state index contributed by atoms with van der Waals surface area (Å²) >= 11 is 1.85. The van der Waals surface area contributed by atoms with Crippen molar-refractivity contribution in [1.29, 1.82) is 0 Å². The lowest BCUT2D eigenvalue weighted by Gasteiger charge is -2.51. The minimum atomic E-state index is -1.52. The van der Waals surface area contributed by atoms with Gasteiger partial charge in [-0.1, -0.05) is 36.4 Å². The normalized spacial score (nSPS) is 24.4. The Bertz CT molecular complexity index is 623. The summed E-state index contributed by atoms with van der Waals surface area (Å²) in [4.78, 5) is 6.34. The van der Waals surface area contributed by atoms with Crippen molar-refractivity contribution in [2.45, 2.75) is 37.3 Å². The van der Waals surface area contributed by atoms with Crippen LogP contribution in [0.25, 0.3) is 0 Å². The molecule has 0 saturated carbocycles. The van der Waals surface area contributed by atoms with Crippen LogP contribution in [0, 0.1) is 0 Å². The van der Waals surface area contributed by atoms with Crippen molar-refractivity contribution in [2.75, 3.05) is 38.8 Å². The zero-order valence-electron chi connectivity index (χ0n) is 15.6. The maximum absolute atomic E-state index is 10.8. The highest BCUT2D eigenvalue weighted by Gasteiger charge is 2.45. The van der Waals surface area contributed by atoms with Gasteiger partial charge in [0.25, 0.3) is 0 Å². The second kappa shape index (κ2) is 7.98. The Morgan fingerprint density at radius 1 is 1.28 bits per heavy atom. The molecule has 2 aliphatic rings. The summed E-state index contributed by atoms with van der Waals surface area (Å²) in [6.07, 6.45) is 0.224. The number of para-hydroxylation sites is 1. The van der Waals surface area contributed by atoms with Crippen molar-refractivity contribution in [3.05, 3.63) is 24.3 Å². The number of nitrogens with zero attached hydrogens (tertiary/aromatic N) is 3. The van der Waals surface area contributed by atoms with Gasteiger partial charge in [0, 0.05) is 42.1 Å². The van der Waals surface area contributed by atoms with Crippen molar-refractivity contribution in [3.63, 3.8) is 0 Å². The van der Waals surface area contributed by atoms with Gasteiger partial charge in [0.2, 0.25) is 0 Å². The van der Waals surface area contributed by atoms with E-state index >= 15 is 0 Å². The van der Waals surface area contributed by atoms with E-state index in [0.717, 1.165) is 35.5 Å². The van der Waals surface area contributed by atoms with Crippen LogP contribution in [0.15, 0.2) is 34.2 Å². The molecule has 2 atom stereocenters. The third kappa shape index (κ3) is 3.26. The first-order valence-electron chi connectivity index (χ1n) is 8.97. The van der Waals surface area contributed by atoms with Crippen molar-refractivity contribution in [3.8, 4) is 0 Å². The van der Waals surface area contributed by atoms with Crippen LogP contribution in [0.5, 0.6) is 0 Å². The Morgan fingerprint density at radius 3 is 2.56 bits per heavy atom. The van der Waals surface area contributed by atoms with Crippen molar-refractivity contribution in [2.24, 2.45) is 4.99 Å². The molecule has 1 aromatic rings. The number of aliphatic imine (C=N–C) groups is 1. The zero-order chi connectivity index (χ0) is 18.0. The average Bonchev–Trinajstić information content (AvgIpc) is 3.27. The van der Waals surface area contributed by atoms with Crippen LogP contribution in [0.3, 0.4) is 0 Å². The van der Waals surface area contributed by atoms with Crippen LogP contribution < -0.4 is 5.32 Å². The summed E-state index contributed by atoms with van der Waals surface area (Å²) in [6, 6.07) is 8.64. The first kappa shape index (κ1) is 19.2. The Kier molecular flexibility index (Phi) is 6.13. The van der Waals surface area contributed by atoms with Gasteiger partial charge in [-0.05, 0) is 26.2 Å². The second-order valence-corrected chi connectivity index (χ2v) is 10.8. The van der Waals surface area contributed by atoms with Gasteiger partial charge in [-0.3, -0.25) is 8.61 Å². The van der Waals surface area contributed by atoms with Crippen LogP contribution in [0.2, 0.25) is 0 Å². The van der Waals surface area contributed by atoms with E-state index in [1.807, 2.05) is 11.8 Å². The molecule has 1 fully saturated rings. The van der Waals surface area contributed by atoms with E-state index in [1.54, 1.807) is 0 Å². The van der Waals surface area contributed by atoms with Crippen LogP contribution in [0.4, 0.5) is 5.69 Å². The van der Waals surface area contributed by atoms with E-state index in [2.05, 4.69) is 66.1 Å². The van der Waals surface area contributed by atoms with Crippen molar-refractivity contribution < 1.29 is 5.11 Å². The fraction of sp³-hybridized carbons (Fsp3) is 0.611. The lowest BCUT2D eigenvalue weighted by atomic mass is 10.1. The lowest BCUT2D eigenvalue weighted by molar-refractivity contribution is 0.150. The Labute approximate surface area is 157 Å². The fourth-order valence-corrected chi connectivity index (χ4v) is 8.78. The molecular formula is C18H30N4OS2. The molecular weight excluding hydrogens is 352 g/mol. The van der Waals surface area contributed by atoms with Gasteiger partial charge in [0.1, 0.15) is 0 Å². The van der Waals surface area contributed by atoms with Crippen molar-refractivity contribution in [1.82, 2.24) is 13.9 Å². The first-order valence-corrected chi connectivity index (χ1v) is 11.7. The van der Waals surface area contributed by atoms with Crippen LogP contribution in [-0.2, 0) is 0 Å². The SMILES string of the molecule is CCN(C)S1(N(C)CC)C(CC(O)C2CSCN2)=Nc2ccccc21. The summed E-state index contributed by atoms with van der Waals surface area (Å²) in [5, 5.41) is 15.4. The van der Waals surface area contributed by atoms with Gasteiger partial charge in [-0.25, -0.2) is 4.99 Å². The Balaban J connectivity index is 2.02.